The molecule has 2 atom stereocenters. The molecule has 0 radical (unpaired) electrons. The fourth-order valence-electron chi connectivity index (χ4n) is 5.21. The van der Waals surface area contributed by atoms with Crippen LogP contribution in [0.5, 0.6) is 0 Å². The third-order valence-corrected chi connectivity index (χ3v) is 6.76. The Kier molecular flexibility index (Phi) is 3.98. The van der Waals surface area contributed by atoms with Gasteiger partial charge in [-0.25, -0.2) is 0 Å². The zero-order chi connectivity index (χ0) is 17.6. The third-order valence-electron chi connectivity index (χ3n) is 6.76. The van der Waals surface area contributed by atoms with Crippen LogP contribution in [0.4, 0.5) is 0 Å². The minimum absolute atomic E-state index is 0.0512. The molecule has 138 valence electrons. The summed E-state index contributed by atoms with van der Waals surface area (Å²) in [6.07, 6.45) is 10.0. The number of rotatable bonds is 3. The van der Waals surface area contributed by atoms with Crippen LogP contribution in [0, 0.1) is 5.41 Å². The molecule has 1 aromatic rings. The van der Waals surface area contributed by atoms with Gasteiger partial charge in [0.1, 0.15) is 11.9 Å². The Morgan fingerprint density at radius 2 is 1.88 bits per heavy atom. The Morgan fingerprint density at radius 1 is 1.08 bits per heavy atom. The van der Waals surface area contributed by atoms with Crippen LogP contribution in [0.3, 0.4) is 0 Å². The molecule has 2 heterocycles. The molecule has 0 bridgehead atoms. The van der Waals surface area contributed by atoms with Crippen LogP contribution in [-0.2, 0) is 20.6 Å². The molecule has 4 aliphatic rings. The van der Waals surface area contributed by atoms with Crippen molar-refractivity contribution >= 4 is 0 Å². The van der Waals surface area contributed by atoms with Gasteiger partial charge in [0.2, 0.25) is 0 Å². The van der Waals surface area contributed by atoms with Crippen LogP contribution in [0.1, 0.15) is 51.0 Å². The van der Waals surface area contributed by atoms with E-state index >= 15 is 0 Å². The Bertz CT molecular complexity index is 742. The number of hydrogen-bond donors (Lipinski definition) is 0. The van der Waals surface area contributed by atoms with Gasteiger partial charge in [-0.15, -0.1) is 0 Å². The quantitative estimate of drug-likeness (QED) is 0.722. The number of ether oxygens (including phenoxy) is 3. The molecule has 3 heteroatoms. The van der Waals surface area contributed by atoms with Crippen LogP contribution in [0.25, 0.3) is 0 Å². The first kappa shape index (κ1) is 16.6. The van der Waals surface area contributed by atoms with Crippen molar-refractivity contribution in [1.29, 1.82) is 0 Å². The summed E-state index contributed by atoms with van der Waals surface area (Å²) in [7, 11) is 0. The zero-order valence-electron chi connectivity index (χ0n) is 15.6. The number of aryl methyl sites for hydroxylation is 1. The average molecular weight is 352 g/mol. The summed E-state index contributed by atoms with van der Waals surface area (Å²) in [5.41, 5.74) is 4.45. The van der Waals surface area contributed by atoms with E-state index in [9.17, 15) is 0 Å². The average Bonchev–Trinajstić information content (AvgIpc) is 3.30. The molecule has 3 nitrogen and oxygen atoms in total. The number of benzene rings is 1. The van der Waals surface area contributed by atoms with Gasteiger partial charge in [0.15, 0.2) is 5.79 Å². The number of allylic oxidation sites excluding steroid dienone is 2. The maximum absolute atomic E-state index is 6.57. The van der Waals surface area contributed by atoms with Crippen molar-refractivity contribution in [3.05, 3.63) is 58.9 Å². The monoisotopic (exact) mass is 352 g/mol. The van der Waals surface area contributed by atoms with Crippen molar-refractivity contribution in [2.75, 3.05) is 13.2 Å². The summed E-state index contributed by atoms with van der Waals surface area (Å²) >= 11 is 0. The van der Waals surface area contributed by atoms with Gasteiger partial charge in [-0.3, -0.25) is 0 Å². The molecule has 0 aromatic heterocycles. The van der Waals surface area contributed by atoms with Crippen molar-refractivity contribution < 1.29 is 14.2 Å². The minimum Gasteiger partial charge on any atom is -0.494 e. The molecule has 1 spiro atoms. The fourth-order valence-corrected chi connectivity index (χ4v) is 5.21. The van der Waals surface area contributed by atoms with Crippen molar-refractivity contribution in [2.45, 2.75) is 63.8 Å². The third kappa shape index (κ3) is 2.73. The number of fused-ring (bicyclic) bond motifs is 2. The van der Waals surface area contributed by atoms with E-state index in [1.807, 2.05) is 0 Å². The highest BCUT2D eigenvalue weighted by Gasteiger charge is 2.52. The summed E-state index contributed by atoms with van der Waals surface area (Å²) in [6, 6.07) is 10.8. The molecular formula is C23H28O3. The highest BCUT2D eigenvalue weighted by Crippen LogP contribution is 2.57. The molecule has 1 unspecified atom stereocenters. The van der Waals surface area contributed by atoms with E-state index in [4.69, 9.17) is 14.2 Å². The summed E-state index contributed by atoms with van der Waals surface area (Å²) < 4.78 is 18.5. The molecule has 26 heavy (non-hydrogen) atoms. The van der Waals surface area contributed by atoms with Crippen LogP contribution in [-0.4, -0.2) is 25.1 Å². The molecule has 1 aromatic carbocycles. The van der Waals surface area contributed by atoms with Crippen molar-refractivity contribution in [2.24, 2.45) is 5.41 Å². The summed E-state index contributed by atoms with van der Waals surface area (Å²) in [4.78, 5) is 0. The first-order valence-electron chi connectivity index (χ1n) is 10.1. The van der Waals surface area contributed by atoms with Gasteiger partial charge in [0, 0.05) is 24.7 Å². The van der Waals surface area contributed by atoms with Gasteiger partial charge in [0.25, 0.3) is 0 Å². The molecule has 0 N–H and O–H groups in total. The second-order valence-electron chi connectivity index (χ2n) is 8.45. The Labute approximate surface area is 156 Å². The van der Waals surface area contributed by atoms with Crippen molar-refractivity contribution in [3.8, 4) is 0 Å². The SMILES string of the molecule is C[C@]12CCC3(CC1=CCC1=C2OC(CCc2ccccc2)C1)OCCO3. The first-order chi connectivity index (χ1) is 12.7. The smallest absolute Gasteiger partial charge is 0.172 e. The summed E-state index contributed by atoms with van der Waals surface area (Å²) in [6.45, 7) is 3.83. The Morgan fingerprint density at radius 3 is 2.69 bits per heavy atom. The second-order valence-corrected chi connectivity index (χ2v) is 8.45. The predicted octanol–water partition coefficient (Wildman–Crippen LogP) is 4.93. The van der Waals surface area contributed by atoms with E-state index in [-0.39, 0.29) is 11.2 Å². The molecule has 1 saturated heterocycles. The largest absolute Gasteiger partial charge is 0.494 e. The van der Waals surface area contributed by atoms with E-state index in [0.717, 1.165) is 58.2 Å². The van der Waals surface area contributed by atoms with Crippen LogP contribution < -0.4 is 0 Å². The lowest BCUT2D eigenvalue weighted by Gasteiger charge is -2.46. The van der Waals surface area contributed by atoms with E-state index < -0.39 is 0 Å². The van der Waals surface area contributed by atoms with Crippen LogP contribution in [0.15, 0.2) is 53.3 Å². The second kappa shape index (κ2) is 6.24. The first-order valence-corrected chi connectivity index (χ1v) is 10.1. The van der Waals surface area contributed by atoms with E-state index in [1.165, 1.54) is 22.5 Å². The van der Waals surface area contributed by atoms with E-state index in [2.05, 4.69) is 43.3 Å². The van der Waals surface area contributed by atoms with E-state index in [0.29, 0.717) is 6.10 Å². The lowest BCUT2D eigenvalue weighted by atomic mass is 9.65. The minimum atomic E-state index is -0.352. The maximum Gasteiger partial charge on any atom is 0.172 e. The molecule has 0 amide bonds. The highest BCUT2D eigenvalue weighted by atomic mass is 16.7. The van der Waals surface area contributed by atoms with Gasteiger partial charge >= 0.3 is 0 Å². The van der Waals surface area contributed by atoms with Gasteiger partial charge in [-0.05, 0) is 43.7 Å². The molecular weight excluding hydrogens is 324 g/mol. The standard InChI is InChI=1S/C23H28O3/c1-22-11-12-23(24-13-14-25-23)16-19(22)9-8-18-15-20(26-21(18)22)10-7-17-5-3-2-4-6-17/h2-6,9,20H,7-8,10-16H2,1H3/t20?,22-/m0/s1. The molecule has 1 saturated carbocycles. The zero-order valence-corrected chi connectivity index (χ0v) is 15.6. The predicted molar refractivity (Wildman–Crippen MR) is 101 cm³/mol. The van der Waals surface area contributed by atoms with Crippen LogP contribution >= 0.6 is 0 Å². The molecule has 2 aliphatic carbocycles. The topological polar surface area (TPSA) is 27.7 Å². The summed E-state index contributed by atoms with van der Waals surface area (Å²) in [5.74, 6) is 0.926. The van der Waals surface area contributed by atoms with Gasteiger partial charge in [-0.1, -0.05) is 42.0 Å². The van der Waals surface area contributed by atoms with Gasteiger partial charge in [0.05, 0.1) is 13.2 Å². The molecule has 2 aliphatic heterocycles. The maximum atomic E-state index is 6.57. The van der Waals surface area contributed by atoms with Crippen molar-refractivity contribution in [1.82, 2.24) is 0 Å². The highest BCUT2D eigenvalue weighted by molar-refractivity contribution is 5.39. The lowest BCUT2D eigenvalue weighted by Crippen LogP contribution is -2.42. The fraction of sp³-hybridized carbons (Fsp3) is 0.565. The van der Waals surface area contributed by atoms with E-state index in [1.54, 1.807) is 0 Å². The van der Waals surface area contributed by atoms with Crippen molar-refractivity contribution in [3.63, 3.8) is 0 Å². The summed E-state index contributed by atoms with van der Waals surface area (Å²) in [5, 5.41) is 0. The van der Waals surface area contributed by atoms with Gasteiger partial charge in [-0.2, -0.15) is 0 Å². The normalized spacial score (nSPS) is 32.2. The molecule has 5 rings (SSSR count). The van der Waals surface area contributed by atoms with Crippen LogP contribution in [0.2, 0.25) is 0 Å². The lowest BCUT2D eigenvalue weighted by molar-refractivity contribution is -0.176. The Balaban J connectivity index is 1.27. The molecule has 2 fully saturated rings. The Hall–Kier alpha value is -1.58. The van der Waals surface area contributed by atoms with Gasteiger partial charge < -0.3 is 14.2 Å². The number of hydrogen-bond acceptors (Lipinski definition) is 3.